The SMILES string of the molecule is CC(=O)c1cc(CCC(=O)N[C@H](C)C23CC4CC(CC(C4)C2)C3)oc1C. The van der Waals surface area contributed by atoms with Crippen molar-refractivity contribution < 1.29 is 14.0 Å². The summed E-state index contributed by atoms with van der Waals surface area (Å²) in [7, 11) is 0. The molecule has 4 aliphatic rings. The van der Waals surface area contributed by atoms with Crippen molar-refractivity contribution in [3.8, 4) is 0 Å². The van der Waals surface area contributed by atoms with Gasteiger partial charge in [0.1, 0.15) is 11.5 Å². The molecule has 1 aromatic heterocycles. The second kappa shape index (κ2) is 6.54. The molecule has 142 valence electrons. The van der Waals surface area contributed by atoms with Crippen LogP contribution in [0.15, 0.2) is 10.5 Å². The first-order chi connectivity index (χ1) is 12.3. The van der Waals surface area contributed by atoms with E-state index in [-0.39, 0.29) is 17.7 Å². The van der Waals surface area contributed by atoms with Crippen LogP contribution >= 0.6 is 0 Å². The molecule has 0 unspecified atom stereocenters. The Morgan fingerprint density at radius 2 is 1.77 bits per heavy atom. The molecule has 4 heteroatoms. The molecule has 26 heavy (non-hydrogen) atoms. The number of amides is 1. The molecule has 1 atom stereocenters. The molecule has 0 aliphatic heterocycles. The summed E-state index contributed by atoms with van der Waals surface area (Å²) in [6, 6.07) is 2.04. The van der Waals surface area contributed by atoms with Gasteiger partial charge in [-0.2, -0.15) is 0 Å². The fourth-order valence-electron chi connectivity index (χ4n) is 6.43. The fraction of sp³-hybridized carbons (Fsp3) is 0.727. The summed E-state index contributed by atoms with van der Waals surface area (Å²) in [5.41, 5.74) is 0.968. The van der Waals surface area contributed by atoms with Gasteiger partial charge in [0.2, 0.25) is 5.91 Å². The van der Waals surface area contributed by atoms with Gasteiger partial charge in [0.15, 0.2) is 5.78 Å². The maximum absolute atomic E-state index is 12.5. The predicted molar refractivity (Wildman–Crippen MR) is 100.0 cm³/mol. The first-order valence-electron chi connectivity index (χ1n) is 10.2. The van der Waals surface area contributed by atoms with E-state index in [4.69, 9.17) is 4.42 Å². The van der Waals surface area contributed by atoms with Crippen LogP contribution in [0.25, 0.3) is 0 Å². The number of nitrogens with one attached hydrogen (secondary N) is 1. The Bertz CT molecular complexity index is 682. The second-order valence-electron chi connectivity index (χ2n) is 9.31. The quantitative estimate of drug-likeness (QED) is 0.766. The number of ketones is 1. The third kappa shape index (κ3) is 3.23. The molecule has 5 rings (SSSR count). The molecule has 4 saturated carbocycles. The number of carbonyl (C=O) groups excluding carboxylic acids is 2. The molecule has 0 saturated heterocycles. The topological polar surface area (TPSA) is 59.3 Å². The maximum atomic E-state index is 12.5. The van der Waals surface area contributed by atoms with Gasteiger partial charge in [-0.3, -0.25) is 9.59 Å². The monoisotopic (exact) mass is 357 g/mol. The molecule has 4 fully saturated rings. The zero-order chi connectivity index (χ0) is 18.5. The van der Waals surface area contributed by atoms with E-state index in [2.05, 4.69) is 12.2 Å². The summed E-state index contributed by atoms with van der Waals surface area (Å²) in [4.78, 5) is 24.1. The Kier molecular flexibility index (Phi) is 4.48. The molecule has 1 aromatic rings. The van der Waals surface area contributed by atoms with Gasteiger partial charge < -0.3 is 9.73 Å². The number of Topliss-reactive ketones (excluding diaryl/α,β-unsaturated/α-hetero) is 1. The van der Waals surface area contributed by atoms with Crippen LogP contribution < -0.4 is 5.32 Å². The van der Waals surface area contributed by atoms with Crippen molar-refractivity contribution in [2.75, 3.05) is 0 Å². The maximum Gasteiger partial charge on any atom is 0.220 e. The van der Waals surface area contributed by atoms with Crippen LogP contribution in [0.1, 0.15) is 80.7 Å². The second-order valence-corrected chi connectivity index (χ2v) is 9.31. The molecule has 1 amide bonds. The Balaban J connectivity index is 1.33. The van der Waals surface area contributed by atoms with Crippen LogP contribution in [0, 0.1) is 30.1 Å². The van der Waals surface area contributed by atoms with Crippen molar-refractivity contribution >= 4 is 11.7 Å². The molecule has 4 aliphatic carbocycles. The van der Waals surface area contributed by atoms with Crippen molar-refractivity contribution in [3.63, 3.8) is 0 Å². The minimum absolute atomic E-state index is 0.0115. The third-order valence-electron chi connectivity index (χ3n) is 7.33. The van der Waals surface area contributed by atoms with E-state index in [1.165, 1.54) is 38.5 Å². The van der Waals surface area contributed by atoms with Gasteiger partial charge in [0.05, 0.1) is 5.56 Å². The van der Waals surface area contributed by atoms with Gasteiger partial charge in [-0.25, -0.2) is 0 Å². The highest BCUT2D eigenvalue weighted by Crippen LogP contribution is 2.61. The van der Waals surface area contributed by atoms with Gasteiger partial charge in [-0.05, 0) is 88.5 Å². The number of rotatable bonds is 6. The lowest BCUT2D eigenvalue weighted by atomic mass is 9.48. The normalized spacial score (nSPS) is 33.3. The Morgan fingerprint density at radius 1 is 1.19 bits per heavy atom. The first-order valence-corrected chi connectivity index (χ1v) is 10.2. The molecular formula is C22H31NO3. The molecule has 1 N–H and O–H groups in total. The summed E-state index contributed by atoms with van der Waals surface area (Å²) in [5, 5.41) is 3.30. The molecule has 0 aromatic carbocycles. The van der Waals surface area contributed by atoms with Gasteiger partial charge in [0, 0.05) is 18.9 Å². The number of hydrogen-bond acceptors (Lipinski definition) is 3. The lowest BCUT2D eigenvalue weighted by Gasteiger charge is -2.59. The van der Waals surface area contributed by atoms with Crippen molar-refractivity contribution in [2.24, 2.45) is 23.2 Å². The smallest absolute Gasteiger partial charge is 0.220 e. The number of aryl methyl sites for hydroxylation is 2. The van der Waals surface area contributed by atoms with E-state index in [0.29, 0.717) is 29.6 Å². The molecular weight excluding hydrogens is 326 g/mol. The molecule has 4 bridgehead atoms. The highest BCUT2D eigenvalue weighted by molar-refractivity contribution is 5.95. The van der Waals surface area contributed by atoms with E-state index in [9.17, 15) is 9.59 Å². The highest BCUT2D eigenvalue weighted by Gasteiger charge is 2.53. The molecule has 1 heterocycles. The number of hydrogen-bond donors (Lipinski definition) is 1. The first kappa shape index (κ1) is 17.8. The Hall–Kier alpha value is -1.58. The van der Waals surface area contributed by atoms with E-state index in [1.807, 2.05) is 0 Å². The van der Waals surface area contributed by atoms with Crippen molar-refractivity contribution in [1.29, 1.82) is 0 Å². The lowest BCUT2D eigenvalue weighted by molar-refractivity contribution is -0.125. The Labute approximate surface area is 156 Å². The van der Waals surface area contributed by atoms with Crippen molar-refractivity contribution in [2.45, 2.75) is 78.2 Å². The molecule has 4 nitrogen and oxygen atoms in total. The summed E-state index contributed by atoms with van der Waals surface area (Å²) in [5.74, 6) is 4.19. The lowest BCUT2D eigenvalue weighted by Crippen LogP contribution is -2.55. The van der Waals surface area contributed by atoms with Crippen molar-refractivity contribution in [3.05, 3.63) is 23.2 Å². The van der Waals surface area contributed by atoms with Crippen LogP contribution in [0.3, 0.4) is 0 Å². The summed E-state index contributed by atoms with van der Waals surface area (Å²) in [6.07, 6.45) is 9.16. The average Bonchev–Trinajstić information content (AvgIpc) is 2.93. The van der Waals surface area contributed by atoms with Gasteiger partial charge in [0.25, 0.3) is 0 Å². The minimum atomic E-state index is 0.0115. The third-order valence-corrected chi connectivity index (χ3v) is 7.33. The van der Waals surface area contributed by atoms with Crippen LogP contribution in [0.2, 0.25) is 0 Å². The van der Waals surface area contributed by atoms with E-state index in [1.54, 1.807) is 19.9 Å². The van der Waals surface area contributed by atoms with Crippen LogP contribution in [0.4, 0.5) is 0 Å². The van der Waals surface area contributed by atoms with E-state index >= 15 is 0 Å². The summed E-state index contributed by atoms with van der Waals surface area (Å²) >= 11 is 0. The minimum Gasteiger partial charge on any atom is -0.466 e. The zero-order valence-corrected chi connectivity index (χ0v) is 16.3. The van der Waals surface area contributed by atoms with Crippen molar-refractivity contribution in [1.82, 2.24) is 5.32 Å². The largest absolute Gasteiger partial charge is 0.466 e. The van der Waals surface area contributed by atoms with E-state index < -0.39 is 0 Å². The fourth-order valence-corrected chi connectivity index (χ4v) is 6.43. The van der Waals surface area contributed by atoms with Crippen LogP contribution in [0.5, 0.6) is 0 Å². The average molecular weight is 357 g/mol. The van der Waals surface area contributed by atoms with E-state index in [0.717, 1.165) is 23.5 Å². The number of furan rings is 1. The Morgan fingerprint density at radius 3 is 2.27 bits per heavy atom. The van der Waals surface area contributed by atoms with Gasteiger partial charge in [-0.1, -0.05) is 0 Å². The molecule has 0 radical (unpaired) electrons. The van der Waals surface area contributed by atoms with Crippen LogP contribution in [-0.2, 0) is 11.2 Å². The number of carbonyl (C=O) groups is 2. The molecule has 0 spiro atoms. The summed E-state index contributed by atoms with van der Waals surface area (Å²) in [6.45, 7) is 5.56. The van der Waals surface area contributed by atoms with Crippen LogP contribution in [-0.4, -0.2) is 17.7 Å². The van der Waals surface area contributed by atoms with Gasteiger partial charge >= 0.3 is 0 Å². The van der Waals surface area contributed by atoms with Gasteiger partial charge in [-0.15, -0.1) is 0 Å². The zero-order valence-electron chi connectivity index (χ0n) is 16.3. The summed E-state index contributed by atoms with van der Waals surface area (Å²) < 4.78 is 5.63. The standard InChI is InChI=1S/C22H31NO3/c1-13(24)20-9-19(26-14(20)2)4-5-21(25)23-15(3)22-10-16-6-17(11-22)8-18(7-16)12-22/h9,15-18H,4-8,10-12H2,1-3H3,(H,23,25)/t15-,16?,17?,18?,22?/m1/s1. The predicted octanol–water partition coefficient (Wildman–Crippen LogP) is 4.44. The highest BCUT2D eigenvalue weighted by atomic mass is 16.3.